The van der Waals surface area contributed by atoms with Crippen LogP contribution in [0.2, 0.25) is 0 Å². The number of ketones is 1. The van der Waals surface area contributed by atoms with Crippen molar-refractivity contribution in [1.82, 2.24) is 9.88 Å². The van der Waals surface area contributed by atoms with Crippen LogP contribution in [-0.2, 0) is 11.3 Å². The molecule has 4 heteroatoms. The molecule has 0 spiro atoms. The van der Waals surface area contributed by atoms with E-state index in [0.717, 1.165) is 17.4 Å². The van der Waals surface area contributed by atoms with E-state index in [0.29, 0.717) is 5.56 Å². The number of aryl methyl sites for hydroxylation is 1. The van der Waals surface area contributed by atoms with Gasteiger partial charge in [0.25, 0.3) is 11.7 Å². The average molecular weight is 258 g/mol. The number of fused-ring (bicyclic) bond motifs is 1. The monoisotopic (exact) mass is 258 g/mol. The standard InChI is InChI=1S/C15H18N2O2/c1-4-17-9-12(11-7-5-6-8-13(11)17)14(18)15(19)16-10(2)3/h5-10H,4H2,1-3H3,(H,16,19). The van der Waals surface area contributed by atoms with Crippen LogP contribution in [0.1, 0.15) is 31.1 Å². The zero-order chi connectivity index (χ0) is 14.0. The van der Waals surface area contributed by atoms with Gasteiger partial charge in [-0.2, -0.15) is 0 Å². The Morgan fingerprint density at radius 2 is 1.95 bits per heavy atom. The first-order valence-corrected chi connectivity index (χ1v) is 6.47. The van der Waals surface area contributed by atoms with Crippen LogP contribution in [0.5, 0.6) is 0 Å². The highest BCUT2D eigenvalue weighted by atomic mass is 16.2. The molecule has 0 atom stereocenters. The second kappa shape index (κ2) is 5.26. The fourth-order valence-corrected chi connectivity index (χ4v) is 2.14. The van der Waals surface area contributed by atoms with Crippen LogP contribution >= 0.6 is 0 Å². The Labute approximate surface area is 112 Å². The van der Waals surface area contributed by atoms with E-state index in [2.05, 4.69) is 5.32 Å². The Bertz CT molecular complexity index is 626. The number of carbonyl (C=O) groups is 2. The number of nitrogens with one attached hydrogen (secondary N) is 1. The Morgan fingerprint density at radius 1 is 1.26 bits per heavy atom. The highest BCUT2D eigenvalue weighted by Gasteiger charge is 2.21. The van der Waals surface area contributed by atoms with Gasteiger partial charge in [0.2, 0.25) is 0 Å². The summed E-state index contributed by atoms with van der Waals surface area (Å²) in [5.41, 5.74) is 1.45. The molecular formula is C15H18N2O2. The number of aromatic nitrogens is 1. The zero-order valence-electron chi connectivity index (χ0n) is 11.4. The van der Waals surface area contributed by atoms with Crippen molar-refractivity contribution in [2.45, 2.75) is 33.4 Å². The number of hydrogen-bond donors (Lipinski definition) is 1. The van der Waals surface area contributed by atoms with E-state index in [1.807, 2.05) is 49.6 Å². The van der Waals surface area contributed by atoms with Crippen molar-refractivity contribution in [3.8, 4) is 0 Å². The first kappa shape index (κ1) is 13.3. The van der Waals surface area contributed by atoms with Crippen molar-refractivity contribution in [2.24, 2.45) is 0 Å². The van der Waals surface area contributed by atoms with Crippen LogP contribution in [0, 0.1) is 0 Å². The molecule has 0 unspecified atom stereocenters. The minimum atomic E-state index is -0.547. The number of rotatable bonds is 4. The molecule has 19 heavy (non-hydrogen) atoms. The Morgan fingerprint density at radius 3 is 2.58 bits per heavy atom. The molecule has 4 nitrogen and oxygen atoms in total. The molecule has 0 saturated carbocycles. The van der Waals surface area contributed by atoms with Crippen molar-refractivity contribution >= 4 is 22.6 Å². The highest BCUT2D eigenvalue weighted by Crippen LogP contribution is 2.21. The number of nitrogens with zero attached hydrogens (tertiary/aromatic N) is 1. The Hall–Kier alpha value is -2.10. The number of carbonyl (C=O) groups excluding carboxylic acids is 2. The Balaban J connectivity index is 2.45. The van der Waals surface area contributed by atoms with E-state index in [-0.39, 0.29) is 6.04 Å². The van der Waals surface area contributed by atoms with E-state index in [1.54, 1.807) is 6.20 Å². The summed E-state index contributed by atoms with van der Waals surface area (Å²) in [5, 5.41) is 3.46. The lowest BCUT2D eigenvalue weighted by molar-refractivity contribution is -0.117. The Kier molecular flexibility index (Phi) is 3.69. The summed E-state index contributed by atoms with van der Waals surface area (Å²) in [5.74, 6) is -1.02. The van der Waals surface area contributed by atoms with Gasteiger partial charge in [-0.1, -0.05) is 18.2 Å². The fraction of sp³-hybridized carbons (Fsp3) is 0.333. The van der Waals surface area contributed by atoms with Gasteiger partial charge in [-0.05, 0) is 26.8 Å². The molecule has 1 aromatic heterocycles. The van der Waals surface area contributed by atoms with Gasteiger partial charge in [-0.15, -0.1) is 0 Å². The molecule has 1 N–H and O–H groups in total. The molecule has 0 radical (unpaired) electrons. The molecule has 100 valence electrons. The lowest BCUT2D eigenvalue weighted by atomic mass is 10.1. The molecule has 0 aliphatic heterocycles. The van der Waals surface area contributed by atoms with Crippen LogP contribution in [0.4, 0.5) is 0 Å². The lowest BCUT2D eigenvalue weighted by Gasteiger charge is -2.06. The van der Waals surface area contributed by atoms with E-state index in [4.69, 9.17) is 0 Å². The van der Waals surface area contributed by atoms with Crippen molar-refractivity contribution < 1.29 is 9.59 Å². The van der Waals surface area contributed by atoms with E-state index in [9.17, 15) is 9.59 Å². The predicted molar refractivity (Wildman–Crippen MR) is 75.2 cm³/mol. The summed E-state index contributed by atoms with van der Waals surface area (Å²) in [6.07, 6.45) is 1.76. The fourth-order valence-electron chi connectivity index (χ4n) is 2.14. The van der Waals surface area contributed by atoms with Gasteiger partial charge in [-0.3, -0.25) is 9.59 Å². The number of para-hydroxylation sites is 1. The topological polar surface area (TPSA) is 51.1 Å². The summed E-state index contributed by atoms with van der Waals surface area (Å²) in [6.45, 7) is 6.44. The number of amides is 1. The summed E-state index contributed by atoms with van der Waals surface area (Å²) in [6, 6.07) is 7.58. The minimum absolute atomic E-state index is 0.0454. The molecule has 0 aliphatic carbocycles. The molecule has 0 fully saturated rings. The summed E-state index contributed by atoms with van der Waals surface area (Å²) in [4.78, 5) is 24.0. The summed E-state index contributed by atoms with van der Waals surface area (Å²) < 4.78 is 1.98. The SMILES string of the molecule is CCn1cc(C(=O)C(=O)NC(C)C)c2ccccc21. The molecule has 0 aliphatic rings. The largest absolute Gasteiger partial charge is 0.347 e. The normalized spacial score (nSPS) is 10.9. The van der Waals surface area contributed by atoms with Crippen LogP contribution in [-0.4, -0.2) is 22.3 Å². The first-order valence-electron chi connectivity index (χ1n) is 6.47. The predicted octanol–water partition coefficient (Wildman–Crippen LogP) is 2.37. The second-order valence-electron chi connectivity index (χ2n) is 4.80. The van der Waals surface area contributed by atoms with Crippen LogP contribution in [0.15, 0.2) is 30.5 Å². The highest BCUT2D eigenvalue weighted by molar-refractivity contribution is 6.45. The van der Waals surface area contributed by atoms with Crippen LogP contribution in [0.3, 0.4) is 0 Å². The smallest absolute Gasteiger partial charge is 0.292 e. The molecular weight excluding hydrogens is 240 g/mol. The zero-order valence-corrected chi connectivity index (χ0v) is 11.4. The molecule has 1 amide bonds. The average Bonchev–Trinajstić information content (AvgIpc) is 2.75. The van der Waals surface area contributed by atoms with Gasteiger partial charge in [0.1, 0.15) is 0 Å². The first-order chi connectivity index (χ1) is 9.04. The van der Waals surface area contributed by atoms with Crippen LogP contribution in [0.25, 0.3) is 10.9 Å². The van der Waals surface area contributed by atoms with Crippen LogP contribution < -0.4 is 5.32 Å². The van der Waals surface area contributed by atoms with Gasteiger partial charge in [0, 0.05) is 29.7 Å². The quantitative estimate of drug-likeness (QED) is 0.676. The van der Waals surface area contributed by atoms with Gasteiger partial charge in [0.15, 0.2) is 0 Å². The minimum Gasteiger partial charge on any atom is -0.347 e. The van der Waals surface area contributed by atoms with E-state index in [1.165, 1.54) is 0 Å². The van der Waals surface area contributed by atoms with Crippen molar-refractivity contribution in [3.63, 3.8) is 0 Å². The maximum absolute atomic E-state index is 12.2. The molecule has 0 bridgehead atoms. The third kappa shape index (κ3) is 2.52. The molecule has 2 rings (SSSR count). The third-order valence-corrected chi connectivity index (χ3v) is 3.00. The summed E-state index contributed by atoms with van der Waals surface area (Å²) >= 11 is 0. The van der Waals surface area contributed by atoms with Crippen molar-refractivity contribution in [1.29, 1.82) is 0 Å². The van der Waals surface area contributed by atoms with Crippen molar-refractivity contribution in [2.75, 3.05) is 0 Å². The maximum Gasteiger partial charge on any atom is 0.292 e. The second-order valence-corrected chi connectivity index (χ2v) is 4.80. The maximum atomic E-state index is 12.2. The number of benzene rings is 1. The van der Waals surface area contributed by atoms with E-state index >= 15 is 0 Å². The molecule has 2 aromatic rings. The van der Waals surface area contributed by atoms with E-state index < -0.39 is 11.7 Å². The molecule has 0 saturated heterocycles. The van der Waals surface area contributed by atoms with Gasteiger partial charge in [-0.25, -0.2) is 0 Å². The third-order valence-electron chi connectivity index (χ3n) is 3.00. The van der Waals surface area contributed by atoms with Crippen molar-refractivity contribution in [3.05, 3.63) is 36.0 Å². The summed E-state index contributed by atoms with van der Waals surface area (Å²) in [7, 11) is 0. The molecule has 1 aromatic carbocycles. The molecule has 1 heterocycles. The van der Waals surface area contributed by atoms with Gasteiger partial charge >= 0.3 is 0 Å². The number of Topliss-reactive ketones (excluding diaryl/α,β-unsaturated/α-hetero) is 1. The lowest BCUT2D eigenvalue weighted by Crippen LogP contribution is -2.35. The van der Waals surface area contributed by atoms with Gasteiger partial charge in [0.05, 0.1) is 5.56 Å². The number of hydrogen-bond acceptors (Lipinski definition) is 2. The van der Waals surface area contributed by atoms with Gasteiger partial charge < -0.3 is 9.88 Å².